The molecule has 5 heteroatoms. The molecule has 0 spiro atoms. The first-order chi connectivity index (χ1) is 6.09. The Morgan fingerprint density at radius 1 is 1.57 bits per heavy atom. The molecule has 1 aromatic rings. The predicted octanol–water partition coefficient (Wildman–Crippen LogP) is 2.38. The zero-order valence-corrected chi connectivity index (χ0v) is 9.52. The maximum atomic E-state index is 11.1. The molecule has 1 aromatic heterocycles. The highest BCUT2D eigenvalue weighted by Gasteiger charge is 2.09. The van der Waals surface area contributed by atoms with Gasteiger partial charge in [0.1, 0.15) is 11.2 Å². The van der Waals surface area contributed by atoms with E-state index in [1.807, 2.05) is 19.1 Å². The molecule has 0 aromatic carbocycles. The highest BCUT2D eigenvalue weighted by molar-refractivity contribution is 6.32. The smallest absolute Gasteiger partial charge is 0.243 e. The molecule has 1 amide bonds. The third-order valence-corrected chi connectivity index (χ3v) is 1.70. The summed E-state index contributed by atoms with van der Waals surface area (Å²) in [6, 6.07) is 5.42. The summed E-state index contributed by atoms with van der Waals surface area (Å²) in [5, 5.41) is 2.06. The topological polar surface area (TPSA) is 42.0 Å². The summed E-state index contributed by atoms with van der Waals surface area (Å²) >= 11 is 5.58. The SMILES string of the molecule is Cc1cccc(NC(=O)C(C)Cl)n1.Cl. The number of aryl methyl sites for hydroxylation is 1. The van der Waals surface area contributed by atoms with Gasteiger partial charge in [-0.1, -0.05) is 6.07 Å². The van der Waals surface area contributed by atoms with Crippen LogP contribution in [-0.4, -0.2) is 16.3 Å². The Morgan fingerprint density at radius 2 is 2.21 bits per heavy atom. The number of nitrogens with zero attached hydrogens (tertiary/aromatic N) is 1. The molecule has 1 rings (SSSR count). The van der Waals surface area contributed by atoms with Crippen LogP contribution in [0.5, 0.6) is 0 Å². The van der Waals surface area contributed by atoms with Crippen LogP contribution in [0.15, 0.2) is 18.2 Å². The van der Waals surface area contributed by atoms with Crippen molar-refractivity contribution < 1.29 is 4.79 Å². The average molecular weight is 235 g/mol. The maximum Gasteiger partial charge on any atom is 0.243 e. The Balaban J connectivity index is 0.00000169. The van der Waals surface area contributed by atoms with Gasteiger partial charge in [0.25, 0.3) is 0 Å². The second-order valence-corrected chi connectivity index (χ2v) is 3.42. The number of pyridine rings is 1. The number of hydrogen-bond donors (Lipinski definition) is 1. The van der Waals surface area contributed by atoms with Gasteiger partial charge in [-0.2, -0.15) is 0 Å². The number of amides is 1. The van der Waals surface area contributed by atoms with E-state index >= 15 is 0 Å². The summed E-state index contributed by atoms with van der Waals surface area (Å²) < 4.78 is 0. The van der Waals surface area contributed by atoms with Crippen molar-refractivity contribution in [1.29, 1.82) is 0 Å². The van der Waals surface area contributed by atoms with Gasteiger partial charge in [0.05, 0.1) is 0 Å². The number of halogens is 2. The van der Waals surface area contributed by atoms with Crippen molar-refractivity contribution in [2.45, 2.75) is 19.2 Å². The van der Waals surface area contributed by atoms with Crippen molar-refractivity contribution in [2.75, 3.05) is 5.32 Å². The Labute approximate surface area is 94.3 Å². The van der Waals surface area contributed by atoms with Crippen LogP contribution in [0, 0.1) is 6.92 Å². The van der Waals surface area contributed by atoms with E-state index in [2.05, 4.69) is 10.3 Å². The van der Waals surface area contributed by atoms with Gasteiger partial charge in [-0.15, -0.1) is 24.0 Å². The molecular formula is C9H12Cl2N2O. The zero-order valence-electron chi connectivity index (χ0n) is 7.95. The van der Waals surface area contributed by atoms with Crippen LogP contribution in [0.25, 0.3) is 0 Å². The van der Waals surface area contributed by atoms with E-state index < -0.39 is 5.38 Å². The molecule has 1 atom stereocenters. The first-order valence-corrected chi connectivity index (χ1v) is 4.42. The monoisotopic (exact) mass is 234 g/mol. The number of nitrogens with one attached hydrogen (secondary N) is 1. The lowest BCUT2D eigenvalue weighted by Crippen LogP contribution is -2.20. The standard InChI is InChI=1S/C9H11ClN2O.ClH/c1-6-4-3-5-8(11-6)12-9(13)7(2)10;/h3-5,7H,1-2H3,(H,11,12,13);1H. The quantitative estimate of drug-likeness (QED) is 0.799. The van der Waals surface area contributed by atoms with E-state index in [1.165, 1.54) is 0 Å². The van der Waals surface area contributed by atoms with Gasteiger partial charge in [0.2, 0.25) is 5.91 Å². The summed E-state index contributed by atoms with van der Waals surface area (Å²) in [6.07, 6.45) is 0. The Kier molecular flexibility index (Phi) is 5.50. The molecule has 1 heterocycles. The first kappa shape index (κ1) is 13.2. The normalized spacial score (nSPS) is 11.4. The minimum absolute atomic E-state index is 0. The van der Waals surface area contributed by atoms with Gasteiger partial charge >= 0.3 is 0 Å². The highest BCUT2D eigenvalue weighted by Crippen LogP contribution is 2.05. The fourth-order valence-electron chi connectivity index (χ4n) is 0.838. The molecule has 0 radical (unpaired) electrons. The maximum absolute atomic E-state index is 11.1. The predicted molar refractivity (Wildman–Crippen MR) is 60.2 cm³/mol. The Bertz CT molecular complexity index is 315. The lowest BCUT2D eigenvalue weighted by molar-refractivity contribution is -0.115. The third-order valence-electron chi connectivity index (χ3n) is 1.50. The van der Waals surface area contributed by atoms with Crippen LogP contribution in [0.2, 0.25) is 0 Å². The molecule has 0 fully saturated rings. The van der Waals surface area contributed by atoms with E-state index in [1.54, 1.807) is 13.0 Å². The summed E-state index contributed by atoms with van der Waals surface area (Å²) in [5.74, 6) is 0.303. The second-order valence-electron chi connectivity index (χ2n) is 2.77. The lowest BCUT2D eigenvalue weighted by Gasteiger charge is -2.05. The van der Waals surface area contributed by atoms with E-state index in [0.29, 0.717) is 5.82 Å². The van der Waals surface area contributed by atoms with E-state index in [-0.39, 0.29) is 18.3 Å². The van der Waals surface area contributed by atoms with Gasteiger partial charge in [0.15, 0.2) is 0 Å². The van der Waals surface area contributed by atoms with Crippen LogP contribution in [0.3, 0.4) is 0 Å². The summed E-state index contributed by atoms with van der Waals surface area (Å²) in [6.45, 7) is 3.48. The fourth-order valence-corrected chi connectivity index (χ4v) is 0.893. The number of rotatable bonds is 2. The van der Waals surface area contributed by atoms with E-state index in [0.717, 1.165) is 5.69 Å². The van der Waals surface area contributed by atoms with Crippen molar-refractivity contribution in [1.82, 2.24) is 4.98 Å². The molecule has 0 bridgehead atoms. The Hall–Kier alpha value is -0.800. The molecular weight excluding hydrogens is 223 g/mol. The number of anilines is 1. The average Bonchev–Trinajstić information content (AvgIpc) is 2.04. The number of hydrogen-bond acceptors (Lipinski definition) is 2. The molecule has 1 unspecified atom stereocenters. The molecule has 0 saturated carbocycles. The molecule has 0 aliphatic heterocycles. The van der Waals surface area contributed by atoms with Crippen molar-refractivity contribution >= 4 is 35.7 Å². The summed E-state index contributed by atoms with van der Waals surface area (Å²) in [7, 11) is 0. The van der Waals surface area contributed by atoms with Crippen molar-refractivity contribution in [3.05, 3.63) is 23.9 Å². The van der Waals surface area contributed by atoms with Crippen LogP contribution >= 0.6 is 24.0 Å². The van der Waals surface area contributed by atoms with Crippen LogP contribution in [0.1, 0.15) is 12.6 Å². The minimum Gasteiger partial charge on any atom is -0.309 e. The molecule has 3 nitrogen and oxygen atoms in total. The van der Waals surface area contributed by atoms with Gasteiger partial charge < -0.3 is 5.32 Å². The van der Waals surface area contributed by atoms with Gasteiger partial charge in [-0.05, 0) is 26.0 Å². The number of carbonyl (C=O) groups is 1. The van der Waals surface area contributed by atoms with Crippen LogP contribution in [0.4, 0.5) is 5.82 Å². The number of aromatic nitrogens is 1. The van der Waals surface area contributed by atoms with Crippen molar-refractivity contribution in [2.24, 2.45) is 0 Å². The molecule has 0 saturated heterocycles. The van der Waals surface area contributed by atoms with Crippen LogP contribution in [-0.2, 0) is 4.79 Å². The first-order valence-electron chi connectivity index (χ1n) is 3.98. The van der Waals surface area contributed by atoms with Crippen molar-refractivity contribution in [3.63, 3.8) is 0 Å². The minimum atomic E-state index is -0.540. The van der Waals surface area contributed by atoms with Gasteiger partial charge in [-0.25, -0.2) is 4.98 Å². The summed E-state index contributed by atoms with van der Waals surface area (Å²) in [4.78, 5) is 15.2. The third kappa shape index (κ3) is 3.94. The van der Waals surface area contributed by atoms with Gasteiger partial charge in [0, 0.05) is 5.69 Å². The number of carbonyl (C=O) groups excluding carboxylic acids is 1. The lowest BCUT2D eigenvalue weighted by atomic mass is 10.3. The summed E-state index contributed by atoms with van der Waals surface area (Å²) in [5.41, 5.74) is 0.861. The second kappa shape index (κ2) is 5.83. The Morgan fingerprint density at radius 3 is 2.71 bits per heavy atom. The number of alkyl halides is 1. The van der Waals surface area contributed by atoms with E-state index in [4.69, 9.17) is 11.6 Å². The molecule has 14 heavy (non-hydrogen) atoms. The largest absolute Gasteiger partial charge is 0.309 e. The highest BCUT2D eigenvalue weighted by atomic mass is 35.5. The molecule has 0 aliphatic rings. The molecule has 78 valence electrons. The van der Waals surface area contributed by atoms with Gasteiger partial charge in [-0.3, -0.25) is 4.79 Å². The fraction of sp³-hybridized carbons (Fsp3) is 0.333. The zero-order chi connectivity index (χ0) is 9.84. The molecule has 1 N–H and O–H groups in total. The van der Waals surface area contributed by atoms with Crippen LogP contribution < -0.4 is 5.32 Å². The molecule has 0 aliphatic carbocycles. The van der Waals surface area contributed by atoms with Crippen molar-refractivity contribution in [3.8, 4) is 0 Å². The van der Waals surface area contributed by atoms with E-state index in [9.17, 15) is 4.79 Å².